The maximum Gasteiger partial charge on any atom is 0.315 e. The van der Waals surface area contributed by atoms with Crippen LogP contribution in [0.5, 0.6) is 0 Å². The molecule has 1 aliphatic heterocycles. The summed E-state index contributed by atoms with van der Waals surface area (Å²) >= 11 is 1.33. The van der Waals surface area contributed by atoms with Gasteiger partial charge in [0, 0.05) is 32.7 Å². The first-order chi connectivity index (χ1) is 11.6. The van der Waals surface area contributed by atoms with Crippen molar-refractivity contribution in [2.75, 3.05) is 44.3 Å². The molecule has 1 aromatic rings. The van der Waals surface area contributed by atoms with Crippen LogP contribution in [0.15, 0.2) is 24.3 Å². The SMILES string of the molecule is CCOC(=O)CSCC(=O)N1CCN(Cc2cccc(C)c2)CC1. The van der Waals surface area contributed by atoms with E-state index in [4.69, 9.17) is 4.74 Å². The fourth-order valence-corrected chi connectivity index (χ4v) is 3.45. The van der Waals surface area contributed by atoms with Crippen LogP contribution in [-0.2, 0) is 20.9 Å². The third kappa shape index (κ3) is 6.17. The van der Waals surface area contributed by atoms with E-state index >= 15 is 0 Å². The molecule has 2 rings (SSSR count). The first-order valence-electron chi connectivity index (χ1n) is 8.37. The van der Waals surface area contributed by atoms with E-state index in [0.717, 1.165) is 32.7 Å². The van der Waals surface area contributed by atoms with Crippen LogP contribution in [-0.4, -0.2) is 66.0 Å². The second kappa shape index (κ2) is 9.69. The number of amides is 1. The van der Waals surface area contributed by atoms with Crippen LogP contribution in [0.2, 0.25) is 0 Å². The van der Waals surface area contributed by atoms with Gasteiger partial charge in [0.2, 0.25) is 5.91 Å². The Bertz CT molecular complexity index is 557. The van der Waals surface area contributed by atoms with Gasteiger partial charge in [-0.15, -0.1) is 11.8 Å². The van der Waals surface area contributed by atoms with Crippen LogP contribution in [0.25, 0.3) is 0 Å². The van der Waals surface area contributed by atoms with Gasteiger partial charge in [-0.1, -0.05) is 29.8 Å². The molecule has 0 N–H and O–H groups in total. The maximum atomic E-state index is 12.2. The van der Waals surface area contributed by atoms with E-state index in [9.17, 15) is 9.59 Å². The van der Waals surface area contributed by atoms with Gasteiger partial charge in [-0.25, -0.2) is 0 Å². The van der Waals surface area contributed by atoms with E-state index in [1.165, 1.54) is 22.9 Å². The van der Waals surface area contributed by atoms with Crippen LogP contribution in [0.4, 0.5) is 0 Å². The summed E-state index contributed by atoms with van der Waals surface area (Å²) in [5, 5.41) is 0. The molecule has 1 amide bonds. The zero-order valence-electron chi connectivity index (χ0n) is 14.5. The summed E-state index contributed by atoms with van der Waals surface area (Å²) in [6.07, 6.45) is 0. The average molecular weight is 350 g/mol. The van der Waals surface area contributed by atoms with Gasteiger partial charge < -0.3 is 9.64 Å². The number of carbonyl (C=O) groups excluding carboxylic acids is 2. The Morgan fingerprint density at radius 3 is 2.58 bits per heavy atom. The predicted molar refractivity (Wildman–Crippen MR) is 97.0 cm³/mol. The number of benzene rings is 1. The van der Waals surface area contributed by atoms with E-state index in [-0.39, 0.29) is 17.6 Å². The van der Waals surface area contributed by atoms with Gasteiger partial charge in [0.1, 0.15) is 0 Å². The molecule has 132 valence electrons. The van der Waals surface area contributed by atoms with E-state index in [1.807, 2.05) is 4.90 Å². The number of hydrogen-bond donors (Lipinski definition) is 0. The highest BCUT2D eigenvalue weighted by Crippen LogP contribution is 2.12. The molecule has 0 bridgehead atoms. The number of ether oxygens (including phenoxy) is 1. The van der Waals surface area contributed by atoms with E-state index in [2.05, 4.69) is 36.1 Å². The van der Waals surface area contributed by atoms with Crippen molar-refractivity contribution in [1.29, 1.82) is 0 Å². The fraction of sp³-hybridized carbons (Fsp3) is 0.556. The summed E-state index contributed by atoms with van der Waals surface area (Å²) in [4.78, 5) is 27.7. The number of thioether (sulfide) groups is 1. The van der Waals surface area contributed by atoms with Crippen molar-refractivity contribution in [3.8, 4) is 0 Å². The van der Waals surface area contributed by atoms with Crippen LogP contribution in [0.1, 0.15) is 18.1 Å². The standard InChI is InChI=1S/C18H26N2O3S/c1-3-23-18(22)14-24-13-17(21)20-9-7-19(8-10-20)12-16-6-4-5-15(2)11-16/h4-6,11H,3,7-10,12-14H2,1-2H3. The normalized spacial score (nSPS) is 15.3. The first kappa shape index (κ1) is 18.8. The number of carbonyl (C=O) groups is 2. The van der Waals surface area contributed by atoms with Crippen molar-refractivity contribution >= 4 is 23.6 Å². The predicted octanol–water partition coefficient (Wildman–Crippen LogP) is 1.94. The molecule has 0 radical (unpaired) electrons. The molecule has 5 nitrogen and oxygen atoms in total. The molecule has 0 saturated carbocycles. The Morgan fingerprint density at radius 2 is 1.92 bits per heavy atom. The quantitative estimate of drug-likeness (QED) is 0.704. The Hall–Kier alpha value is -1.53. The monoisotopic (exact) mass is 350 g/mol. The van der Waals surface area contributed by atoms with Crippen LogP contribution < -0.4 is 0 Å². The van der Waals surface area contributed by atoms with Gasteiger partial charge in [0.15, 0.2) is 0 Å². The summed E-state index contributed by atoms with van der Waals surface area (Å²) in [5.74, 6) is 0.446. The molecule has 0 spiro atoms. The zero-order chi connectivity index (χ0) is 17.4. The molecule has 0 aromatic heterocycles. The highest BCUT2D eigenvalue weighted by molar-refractivity contribution is 8.00. The van der Waals surface area contributed by atoms with E-state index in [0.29, 0.717) is 12.4 Å². The minimum atomic E-state index is -0.252. The van der Waals surface area contributed by atoms with Gasteiger partial charge >= 0.3 is 5.97 Å². The lowest BCUT2D eigenvalue weighted by atomic mass is 10.1. The third-order valence-corrected chi connectivity index (χ3v) is 4.86. The summed E-state index contributed by atoms with van der Waals surface area (Å²) < 4.78 is 4.86. The second-order valence-electron chi connectivity index (χ2n) is 5.94. The topological polar surface area (TPSA) is 49.9 Å². The number of aryl methyl sites for hydroxylation is 1. The van der Waals surface area contributed by atoms with Gasteiger partial charge in [0.05, 0.1) is 18.1 Å². The highest BCUT2D eigenvalue weighted by Gasteiger charge is 2.21. The molecule has 1 saturated heterocycles. The zero-order valence-corrected chi connectivity index (χ0v) is 15.3. The summed E-state index contributed by atoms with van der Waals surface area (Å²) in [6, 6.07) is 8.55. The van der Waals surface area contributed by atoms with Crippen molar-refractivity contribution in [3.05, 3.63) is 35.4 Å². The van der Waals surface area contributed by atoms with Crippen LogP contribution >= 0.6 is 11.8 Å². The smallest absolute Gasteiger partial charge is 0.315 e. The van der Waals surface area contributed by atoms with Crippen molar-refractivity contribution in [1.82, 2.24) is 9.80 Å². The van der Waals surface area contributed by atoms with Crippen LogP contribution in [0.3, 0.4) is 0 Å². The van der Waals surface area contributed by atoms with Crippen molar-refractivity contribution in [3.63, 3.8) is 0 Å². The van der Waals surface area contributed by atoms with Crippen molar-refractivity contribution in [2.24, 2.45) is 0 Å². The van der Waals surface area contributed by atoms with Gasteiger partial charge in [-0.2, -0.15) is 0 Å². The number of nitrogens with zero attached hydrogens (tertiary/aromatic N) is 2. The molecule has 1 heterocycles. The van der Waals surface area contributed by atoms with E-state index in [1.54, 1.807) is 6.92 Å². The van der Waals surface area contributed by atoms with Crippen molar-refractivity contribution in [2.45, 2.75) is 20.4 Å². The third-order valence-electron chi connectivity index (χ3n) is 3.96. The Morgan fingerprint density at radius 1 is 1.17 bits per heavy atom. The summed E-state index contributed by atoms with van der Waals surface area (Å²) in [7, 11) is 0. The largest absolute Gasteiger partial charge is 0.465 e. The van der Waals surface area contributed by atoms with Gasteiger partial charge in [0.25, 0.3) is 0 Å². The van der Waals surface area contributed by atoms with Crippen molar-refractivity contribution < 1.29 is 14.3 Å². The molecule has 0 aliphatic carbocycles. The second-order valence-corrected chi connectivity index (χ2v) is 6.93. The molecule has 1 fully saturated rings. The Labute approximate surface area is 148 Å². The van der Waals surface area contributed by atoms with Crippen LogP contribution in [0, 0.1) is 6.92 Å². The molecule has 6 heteroatoms. The minimum absolute atomic E-state index is 0.111. The maximum absolute atomic E-state index is 12.2. The minimum Gasteiger partial charge on any atom is -0.465 e. The lowest BCUT2D eigenvalue weighted by molar-refractivity contribution is -0.139. The molecular weight excluding hydrogens is 324 g/mol. The lowest BCUT2D eigenvalue weighted by Gasteiger charge is -2.34. The van der Waals surface area contributed by atoms with Gasteiger partial charge in [-0.3, -0.25) is 14.5 Å². The molecule has 1 aromatic carbocycles. The molecule has 0 atom stereocenters. The molecule has 24 heavy (non-hydrogen) atoms. The summed E-state index contributed by atoms with van der Waals surface area (Å²) in [6.45, 7) is 8.50. The average Bonchev–Trinajstić information content (AvgIpc) is 2.56. The molecular formula is C18H26N2O3S. The Kier molecular flexibility index (Phi) is 7.59. The number of piperazine rings is 1. The highest BCUT2D eigenvalue weighted by atomic mass is 32.2. The molecule has 1 aliphatic rings. The van der Waals surface area contributed by atoms with E-state index < -0.39 is 0 Å². The molecule has 0 unspecified atom stereocenters. The first-order valence-corrected chi connectivity index (χ1v) is 9.53. The lowest BCUT2D eigenvalue weighted by Crippen LogP contribution is -2.48. The number of rotatable bonds is 7. The van der Waals surface area contributed by atoms with Gasteiger partial charge in [-0.05, 0) is 19.4 Å². The summed E-state index contributed by atoms with van der Waals surface area (Å²) in [5.41, 5.74) is 2.60. The Balaban J connectivity index is 1.68. The number of esters is 1. The number of hydrogen-bond acceptors (Lipinski definition) is 5. The fourth-order valence-electron chi connectivity index (χ4n) is 2.74.